The molecular formula is C39H54N6O7S. The van der Waals surface area contributed by atoms with E-state index in [-0.39, 0.29) is 49.4 Å². The summed E-state index contributed by atoms with van der Waals surface area (Å²) in [5.41, 5.74) is 0.574. The number of pyridine rings is 1. The number of rotatable bonds is 16. The monoisotopic (exact) mass is 750 g/mol. The van der Waals surface area contributed by atoms with Crippen LogP contribution in [0.25, 0.3) is 0 Å². The third-order valence-corrected chi connectivity index (χ3v) is 10.9. The van der Waals surface area contributed by atoms with Gasteiger partial charge in [0, 0.05) is 26.2 Å². The number of hydrogen-bond donors (Lipinski definition) is 4. The largest absolute Gasteiger partial charge is 0.411 e. The maximum atomic E-state index is 14.4. The van der Waals surface area contributed by atoms with Gasteiger partial charge in [-0.2, -0.15) is 4.31 Å². The van der Waals surface area contributed by atoms with E-state index in [1.165, 1.54) is 34.8 Å². The Morgan fingerprint density at radius 3 is 2.23 bits per heavy atom. The lowest BCUT2D eigenvalue weighted by Crippen LogP contribution is -2.59. The molecular weight excluding hydrogens is 697 g/mol. The first kappa shape index (κ1) is 41.4. The Bertz CT molecular complexity index is 1820. The number of carbonyl (C=O) groups excluding carboxylic acids is 2. The first-order chi connectivity index (χ1) is 24.8. The molecule has 3 aromatic rings. The number of nitrogens with zero attached hydrogens (tertiary/aromatic N) is 5. The molecule has 4 rings (SSSR count). The van der Waals surface area contributed by atoms with Crippen molar-refractivity contribution in [2.75, 3.05) is 26.2 Å². The maximum Gasteiger partial charge on any atom is 0.321 e. The van der Waals surface area contributed by atoms with Gasteiger partial charge < -0.3 is 30.5 Å². The lowest BCUT2D eigenvalue weighted by Gasteiger charge is -2.38. The molecule has 1 fully saturated rings. The first-order valence-corrected chi connectivity index (χ1v) is 19.3. The molecule has 0 aliphatic carbocycles. The van der Waals surface area contributed by atoms with Crippen LogP contribution in [0.5, 0.6) is 0 Å². The number of carbonyl (C=O) groups is 2. The molecule has 3 amide bonds. The minimum Gasteiger partial charge on any atom is -0.411 e. The number of amides is 3. The van der Waals surface area contributed by atoms with Crippen molar-refractivity contribution in [2.45, 2.75) is 90.1 Å². The summed E-state index contributed by atoms with van der Waals surface area (Å²) in [6, 6.07) is 18.3. The van der Waals surface area contributed by atoms with Crippen molar-refractivity contribution in [1.29, 1.82) is 0 Å². The van der Waals surface area contributed by atoms with Crippen LogP contribution < -0.4 is 5.32 Å². The second-order valence-corrected chi connectivity index (χ2v) is 17.6. The Hall–Kier alpha value is -4.37. The highest BCUT2D eigenvalue weighted by Gasteiger charge is 2.44. The molecule has 2 heterocycles. The number of aliphatic hydroxyl groups is 2. The molecule has 1 aliphatic heterocycles. The molecule has 0 spiro atoms. The number of aromatic nitrogens is 1. The van der Waals surface area contributed by atoms with Crippen molar-refractivity contribution in [3.05, 3.63) is 95.3 Å². The number of oxime groups is 1. The summed E-state index contributed by atoms with van der Waals surface area (Å²) in [6.45, 7) is 13.3. The average Bonchev–Trinajstić information content (AvgIpc) is 3.42. The van der Waals surface area contributed by atoms with Crippen LogP contribution in [0.1, 0.15) is 71.0 Å². The number of benzene rings is 2. The molecule has 2 aromatic carbocycles. The van der Waals surface area contributed by atoms with Crippen molar-refractivity contribution < 1.29 is 33.4 Å². The van der Waals surface area contributed by atoms with Crippen molar-refractivity contribution in [1.82, 2.24) is 24.4 Å². The van der Waals surface area contributed by atoms with Gasteiger partial charge in [0.1, 0.15) is 11.6 Å². The Balaban J connectivity index is 1.60. The Labute approximate surface area is 313 Å². The molecule has 4 N–H and O–H groups in total. The van der Waals surface area contributed by atoms with Crippen molar-refractivity contribution in [2.24, 2.45) is 16.5 Å². The maximum absolute atomic E-state index is 14.4. The third kappa shape index (κ3) is 10.8. The minimum atomic E-state index is -4.08. The van der Waals surface area contributed by atoms with Crippen LogP contribution >= 0.6 is 0 Å². The molecule has 13 nitrogen and oxygen atoms in total. The van der Waals surface area contributed by atoms with E-state index in [4.69, 9.17) is 5.21 Å². The lowest BCUT2D eigenvalue weighted by molar-refractivity contribution is -0.130. The topological polar surface area (TPSA) is 176 Å². The number of aliphatic hydroxyl groups excluding tert-OH is 1. The van der Waals surface area contributed by atoms with E-state index in [2.05, 4.69) is 15.5 Å². The van der Waals surface area contributed by atoms with Crippen molar-refractivity contribution in [3.63, 3.8) is 0 Å². The minimum absolute atomic E-state index is 0.0102. The summed E-state index contributed by atoms with van der Waals surface area (Å²) < 4.78 is 29.1. The predicted octanol–water partition coefficient (Wildman–Crippen LogP) is 4.20. The normalized spacial score (nSPS) is 16.1. The van der Waals surface area contributed by atoms with Crippen LogP contribution in [0.2, 0.25) is 0 Å². The van der Waals surface area contributed by atoms with Gasteiger partial charge in [-0.15, -0.1) is 0 Å². The summed E-state index contributed by atoms with van der Waals surface area (Å²) >= 11 is 0. The van der Waals surface area contributed by atoms with Crippen molar-refractivity contribution >= 4 is 28.2 Å². The number of hydrogen-bond acceptors (Lipinski definition) is 9. The van der Waals surface area contributed by atoms with Crippen LogP contribution in [0.15, 0.2) is 82.8 Å². The van der Waals surface area contributed by atoms with Crippen LogP contribution in [0, 0.1) is 11.3 Å². The highest BCUT2D eigenvalue weighted by Crippen LogP contribution is 2.29. The van der Waals surface area contributed by atoms with E-state index < -0.39 is 45.1 Å². The molecule has 1 aliphatic rings. The molecule has 0 radical (unpaired) electrons. The number of nitrogens with one attached hydrogen (secondary N) is 1. The smallest absolute Gasteiger partial charge is 0.321 e. The van der Waals surface area contributed by atoms with E-state index >= 15 is 0 Å². The van der Waals surface area contributed by atoms with Gasteiger partial charge in [0.15, 0.2) is 0 Å². The van der Waals surface area contributed by atoms with Crippen LogP contribution in [0.4, 0.5) is 4.79 Å². The van der Waals surface area contributed by atoms with E-state index in [9.17, 15) is 28.2 Å². The summed E-state index contributed by atoms with van der Waals surface area (Å²) in [6.07, 6.45) is 0.0722. The van der Waals surface area contributed by atoms with E-state index in [1.54, 1.807) is 41.8 Å². The Kier molecular flexibility index (Phi) is 13.4. The quantitative estimate of drug-likeness (QED) is 0.0957. The summed E-state index contributed by atoms with van der Waals surface area (Å²) in [5, 5.41) is 37.2. The van der Waals surface area contributed by atoms with Gasteiger partial charge in [0.05, 0.1) is 41.2 Å². The molecule has 288 valence electrons. The fraction of sp³-hybridized carbons (Fsp3) is 0.487. The van der Waals surface area contributed by atoms with Gasteiger partial charge in [0.2, 0.25) is 15.9 Å². The Morgan fingerprint density at radius 2 is 1.64 bits per heavy atom. The van der Waals surface area contributed by atoms with Gasteiger partial charge in [-0.25, -0.2) is 13.2 Å². The fourth-order valence-electron chi connectivity index (χ4n) is 6.46. The molecule has 1 saturated heterocycles. The second-order valence-electron chi connectivity index (χ2n) is 15.6. The van der Waals surface area contributed by atoms with Gasteiger partial charge >= 0.3 is 6.03 Å². The molecule has 53 heavy (non-hydrogen) atoms. The Morgan fingerprint density at radius 1 is 0.981 bits per heavy atom. The molecule has 3 atom stereocenters. The predicted molar refractivity (Wildman–Crippen MR) is 203 cm³/mol. The van der Waals surface area contributed by atoms with E-state index in [1.807, 2.05) is 65.0 Å². The fourth-order valence-corrected chi connectivity index (χ4v) is 8.08. The SMILES string of the molecule is CC(C)CN(C[C@@H](O)[C@H](Cc1ccccc1)NC(=O)[C@@H](N1CCN(Cc2cccc(C(C)(C)O)n2)C1=O)C(C)(C)C)S(=O)(=O)c1ccc(/C=N/O)cc1. The van der Waals surface area contributed by atoms with Gasteiger partial charge in [0.25, 0.3) is 0 Å². The van der Waals surface area contributed by atoms with Crippen LogP contribution in [0.3, 0.4) is 0 Å². The summed E-state index contributed by atoms with van der Waals surface area (Å²) in [7, 11) is -4.08. The van der Waals surface area contributed by atoms with E-state index in [0.29, 0.717) is 23.5 Å². The molecule has 0 unspecified atom stereocenters. The highest BCUT2D eigenvalue weighted by atomic mass is 32.2. The van der Waals surface area contributed by atoms with Crippen molar-refractivity contribution in [3.8, 4) is 0 Å². The van der Waals surface area contributed by atoms with Crippen LogP contribution in [-0.2, 0) is 33.4 Å². The third-order valence-electron chi connectivity index (χ3n) is 9.07. The molecule has 14 heteroatoms. The first-order valence-electron chi connectivity index (χ1n) is 17.9. The molecule has 0 bridgehead atoms. The summed E-state index contributed by atoms with van der Waals surface area (Å²) in [5.74, 6) is -0.545. The standard InChI is InChI=1S/C39H54N6O7S/c1-27(2)24-44(53(51,52)31-18-16-29(17-19-31)23-40-50)26-33(46)32(22-28-12-9-8-10-13-28)42-36(47)35(38(3,4)5)45-21-20-43(37(45)48)25-30-14-11-15-34(41-30)39(6,7)49/h8-19,23,27,32-33,35,46,49-50H,20-22,24-26H2,1-7H3,(H,42,47)/b40-23+/t32-,33+,35+/m0/s1. The van der Waals surface area contributed by atoms with Crippen LogP contribution in [-0.4, -0.2) is 105 Å². The zero-order valence-electron chi connectivity index (χ0n) is 31.7. The highest BCUT2D eigenvalue weighted by molar-refractivity contribution is 7.89. The molecule has 1 aromatic heterocycles. The second kappa shape index (κ2) is 17.2. The molecule has 0 saturated carbocycles. The zero-order chi connectivity index (χ0) is 39.1. The number of sulfonamides is 1. The van der Waals surface area contributed by atoms with Gasteiger partial charge in [-0.05, 0) is 67.0 Å². The van der Waals surface area contributed by atoms with Gasteiger partial charge in [-0.3, -0.25) is 9.78 Å². The number of urea groups is 1. The summed E-state index contributed by atoms with van der Waals surface area (Å²) in [4.78, 5) is 36.0. The van der Waals surface area contributed by atoms with Gasteiger partial charge in [-0.1, -0.05) is 88.3 Å². The zero-order valence-corrected chi connectivity index (χ0v) is 32.5. The average molecular weight is 751 g/mol. The lowest BCUT2D eigenvalue weighted by atomic mass is 9.84. The van der Waals surface area contributed by atoms with E-state index in [0.717, 1.165) is 5.56 Å².